The summed E-state index contributed by atoms with van der Waals surface area (Å²) in [6.45, 7) is -0.330. The third kappa shape index (κ3) is 4.50. The molecule has 12 heteroatoms. The number of benzene rings is 2. The second-order valence-corrected chi connectivity index (χ2v) is 5.61. The van der Waals surface area contributed by atoms with Crippen LogP contribution in [0.2, 0.25) is 0 Å². The number of amides is 1. The van der Waals surface area contributed by atoms with Crippen molar-refractivity contribution in [3.63, 3.8) is 0 Å². The fraction of sp³-hybridized carbons (Fsp3) is 0.0588. The second-order valence-electron chi connectivity index (χ2n) is 5.61. The van der Waals surface area contributed by atoms with E-state index in [1.54, 1.807) is 0 Å². The average Bonchev–Trinajstić information content (AvgIpc) is 3.15. The summed E-state index contributed by atoms with van der Waals surface area (Å²) < 4.78 is 19.7. The Labute approximate surface area is 161 Å². The van der Waals surface area contributed by atoms with E-state index in [0.29, 0.717) is 0 Å². The van der Waals surface area contributed by atoms with Gasteiger partial charge >= 0.3 is 5.69 Å². The van der Waals surface area contributed by atoms with Gasteiger partial charge in [-0.3, -0.25) is 25.0 Å². The molecule has 148 valence electrons. The maximum Gasteiger partial charge on any atom is 0.311 e. The predicted molar refractivity (Wildman–Crippen MR) is 97.0 cm³/mol. The van der Waals surface area contributed by atoms with Gasteiger partial charge in [-0.15, -0.1) is 0 Å². The van der Waals surface area contributed by atoms with Crippen LogP contribution in [0.1, 0.15) is 10.5 Å². The van der Waals surface area contributed by atoms with Crippen molar-refractivity contribution in [2.24, 2.45) is 0 Å². The van der Waals surface area contributed by atoms with Crippen molar-refractivity contribution < 1.29 is 23.8 Å². The Morgan fingerprint density at radius 1 is 1.10 bits per heavy atom. The third-order valence-electron chi connectivity index (χ3n) is 3.69. The molecule has 0 aliphatic heterocycles. The van der Waals surface area contributed by atoms with Gasteiger partial charge in [0.15, 0.2) is 12.4 Å². The molecule has 0 aliphatic carbocycles. The standard InChI is InChI=1S/C17H12FN5O6/c18-11-5-6-15(23(27)28)16(9-11)29-10-21-8-7-13(20-21)17(24)19-12-3-1-2-4-14(12)22(25)26/h1-9H,10H2,(H,19,24). The number of carbonyl (C=O) groups excluding carboxylic acids is 1. The lowest BCUT2D eigenvalue weighted by molar-refractivity contribution is -0.386. The molecule has 0 aliphatic rings. The Bertz CT molecular complexity index is 1100. The van der Waals surface area contributed by atoms with Crippen LogP contribution in [0.15, 0.2) is 54.7 Å². The van der Waals surface area contributed by atoms with Gasteiger partial charge in [0.25, 0.3) is 11.6 Å². The normalized spacial score (nSPS) is 10.4. The van der Waals surface area contributed by atoms with Gasteiger partial charge in [-0.1, -0.05) is 12.1 Å². The molecule has 29 heavy (non-hydrogen) atoms. The molecule has 3 aromatic rings. The molecular formula is C17H12FN5O6. The number of hydrogen-bond acceptors (Lipinski definition) is 7. The smallest absolute Gasteiger partial charge is 0.311 e. The van der Waals surface area contributed by atoms with E-state index >= 15 is 0 Å². The van der Waals surface area contributed by atoms with Gasteiger partial charge in [-0.05, 0) is 18.2 Å². The minimum atomic E-state index is -0.719. The van der Waals surface area contributed by atoms with Crippen molar-refractivity contribution in [2.75, 3.05) is 5.32 Å². The number of nitrogens with zero attached hydrogens (tertiary/aromatic N) is 4. The Morgan fingerprint density at radius 3 is 2.55 bits per heavy atom. The number of aromatic nitrogens is 2. The lowest BCUT2D eigenvalue weighted by Gasteiger charge is -2.07. The topological polar surface area (TPSA) is 142 Å². The van der Waals surface area contributed by atoms with Crippen LogP contribution in [-0.2, 0) is 6.73 Å². The van der Waals surface area contributed by atoms with E-state index in [-0.39, 0.29) is 29.5 Å². The van der Waals surface area contributed by atoms with Crippen molar-refractivity contribution in [1.29, 1.82) is 0 Å². The van der Waals surface area contributed by atoms with E-state index < -0.39 is 27.3 Å². The zero-order chi connectivity index (χ0) is 21.0. The number of carbonyl (C=O) groups is 1. The number of ether oxygens (including phenoxy) is 1. The van der Waals surface area contributed by atoms with Crippen LogP contribution >= 0.6 is 0 Å². The number of nitrogens with one attached hydrogen (secondary N) is 1. The second kappa shape index (κ2) is 8.12. The summed E-state index contributed by atoms with van der Waals surface area (Å²) in [5.74, 6) is -1.71. The first-order chi connectivity index (χ1) is 13.8. The molecule has 11 nitrogen and oxygen atoms in total. The highest BCUT2D eigenvalue weighted by atomic mass is 19.1. The maximum atomic E-state index is 13.3. The van der Waals surface area contributed by atoms with Gasteiger partial charge in [0.05, 0.1) is 9.85 Å². The van der Waals surface area contributed by atoms with Crippen LogP contribution in [0.25, 0.3) is 0 Å². The average molecular weight is 401 g/mol. The SMILES string of the molecule is O=C(Nc1ccccc1[N+](=O)[O-])c1ccn(COc2cc(F)ccc2[N+](=O)[O-])n1. The quantitative estimate of drug-likeness (QED) is 0.473. The fourth-order valence-electron chi connectivity index (χ4n) is 2.37. The Morgan fingerprint density at radius 2 is 1.83 bits per heavy atom. The number of nitro benzene ring substituents is 2. The van der Waals surface area contributed by atoms with E-state index in [9.17, 15) is 29.4 Å². The van der Waals surface area contributed by atoms with Crippen molar-refractivity contribution >= 4 is 23.0 Å². The highest BCUT2D eigenvalue weighted by Crippen LogP contribution is 2.27. The third-order valence-corrected chi connectivity index (χ3v) is 3.69. The molecule has 2 aromatic carbocycles. The zero-order valence-electron chi connectivity index (χ0n) is 14.5. The summed E-state index contributed by atoms with van der Waals surface area (Å²) in [7, 11) is 0. The minimum absolute atomic E-state index is 0.00341. The fourth-order valence-corrected chi connectivity index (χ4v) is 2.37. The molecule has 1 amide bonds. The molecule has 0 spiro atoms. The van der Waals surface area contributed by atoms with E-state index in [2.05, 4.69) is 10.4 Å². The van der Waals surface area contributed by atoms with Crippen LogP contribution in [0.3, 0.4) is 0 Å². The lowest BCUT2D eigenvalue weighted by Crippen LogP contribution is -2.15. The molecule has 0 fully saturated rings. The van der Waals surface area contributed by atoms with Crippen molar-refractivity contribution in [2.45, 2.75) is 6.73 Å². The van der Waals surface area contributed by atoms with Gasteiger partial charge < -0.3 is 10.1 Å². The molecule has 0 saturated heterocycles. The van der Waals surface area contributed by atoms with Crippen LogP contribution < -0.4 is 10.1 Å². The number of hydrogen-bond donors (Lipinski definition) is 1. The molecule has 1 aromatic heterocycles. The van der Waals surface area contributed by atoms with Crippen LogP contribution in [0, 0.1) is 26.0 Å². The summed E-state index contributed by atoms with van der Waals surface area (Å²) in [6.07, 6.45) is 1.36. The zero-order valence-corrected chi connectivity index (χ0v) is 14.5. The highest BCUT2D eigenvalue weighted by molar-refractivity contribution is 6.04. The summed E-state index contributed by atoms with van der Waals surface area (Å²) in [6, 6.07) is 9.71. The van der Waals surface area contributed by atoms with Crippen molar-refractivity contribution in [1.82, 2.24) is 9.78 Å². The molecule has 3 rings (SSSR count). The maximum absolute atomic E-state index is 13.3. The van der Waals surface area contributed by atoms with Crippen molar-refractivity contribution in [3.8, 4) is 5.75 Å². The predicted octanol–water partition coefficient (Wildman–Crippen LogP) is 3.13. The van der Waals surface area contributed by atoms with E-state index in [4.69, 9.17) is 4.74 Å². The van der Waals surface area contributed by atoms with Crippen LogP contribution in [0.4, 0.5) is 21.5 Å². The molecule has 0 bridgehead atoms. The van der Waals surface area contributed by atoms with Gasteiger partial charge in [0.2, 0.25) is 5.75 Å². The monoisotopic (exact) mass is 401 g/mol. The van der Waals surface area contributed by atoms with E-state index in [1.165, 1.54) is 36.5 Å². The first-order valence-corrected chi connectivity index (χ1v) is 8.00. The number of anilines is 1. The van der Waals surface area contributed by atoms with Gasteiger partial charge in [0.1, 0.15) is 11.5 Å². The van der Waals surface area contributed by atoms with E-state index in [1.807, 2.05) is 0 Å². The first kappa shape index (κ1) is 19.4. The summed E-state index contributed by atoms with van der Waals surface area (Å²) in [4.78, 5) is 32.9. The Balaban J connectivity index is 1.70. The molecule has 0 unspecified atom stereocenters. The van der Waals surface area contributed by atoms with Gasteiger partial charge in [-0.2, -0.15) is 5.10 Å². The first-order valence-electron chi connectivity index (χ1n) is 8.00. The number of halogens is 1. The largest absolute Gasteiger partial charge is 0.464 e. The number of nitro groups is 2. The van der Waals surface area contributed by atoms with Gasteiger partial charge in [-0.25, -0.2) is 9.07 Å². The molecule has 1 N–H and O–H groups in total. The van der Waals surface area contributed by atoms with Crippen molar-refractivity contribution in [3.05, 3.63) is 86.5 Å². The molecule has 1 heterocycles. The highest BCUT2D eigenvalue weighted by Gasteiger charge is 2.18. The molecular weight excluding hydrogens is 389 g/mol. The van der Waals surface area contributed by atoms with Crippen LogP contribution in [0.5, 0.6) is 5.75 Å². The summed E-state index contributed by atoms with van der Waals surface area (Å²) >= 11 is 0. The van der Waals surface area contributed by atoms with Gasteiger partial charge in [0, 0.05) is 24.4 Å². The summed E-state index contributed by atoms with van der Waals surface area (Å²) in [5, 5.41) is 28.3. The number of rotatable bonds is 7. The lowest BCUT2D eigenvalue weighted by atomic mass is 10.2. The minimum Gasteiger partial charge on any atom is -0.464 e. The molecule has 0 saturated carbocycles. The Hall–Kier alpha value is -4.35. The molecule has 0 atom stereocenters. The number of para-hydroxylation sites is 2. The van der Waals surface area contributed by atoms with E-state index in [0.717, 1.165) is 22.9 Å². The van der Waals surface area contributed by atoms with Crippen LogP contribution in [-0.4, -0.2) is 25.5 Å². The molecule has 0 radical (unpaired) electrons. The Kier molecular flexibility index (Phi) is 5.44. The summed E-state index contributed by atoms with van der Waals surface area (Å²) in [5.41, 5.74) is -0.765.